The van der Waals surface area contributed by atoms with Crippen LogP contribution < -0.4 is 5.32 Å². The molecule has 1 aromatic carbocycles. The molecule has 2 aromatic rings. The summed E-state index contributed by atoms with van der Waals surface area (Å²) in [5.74, 6) is -0.746. The maximum absolute atomic E-state index is 12.8. The monoisotopic (exact) mass is 337 g/mol. The summed E-state index contributed by atoms with van der Waals surface area (Å²) in [4.78, 5) is 42.9. The predicted octanol–water partition coefficient (Wildman–Crippen LogP) is 2.35. The Balaban J connectivity index is 1.86. The number of imide groups is 1. The summed E-state index contributed by atoms with van der Waals surface area (Å²) in [6.45, 7) is 5.02. The van der Waals surface area contributed by atoms with Crippen LogP contribution in [0.3, 0.4) is 0 Å². The highest BCUT2D eigenvalue weighted by atomic mass is 16.2. The van der Waals surface area contributed by atoms with E-state index in [4.69, 9.17) is 0 Å². The zero-order valence-electron chi connectivity index (χ0n) is 14.4. The first-order valence-electron chi connectivity index (χ1n) is 7.99. The molecule has 1 aromatic heterocycles. The van der Waals surface area contributed by atoms with Gasteiger partial charge in [0.2, 0.25) is 0 Å². The number of carbonyl (C=O) groups excluding carboxylic acids is 3. The first-order valence-corrected chi connectivity index (χ1v) is 7.99. The smallest absolute Gasteiger partial charge is 0.318 e. The fourth-order valence-corrected chi connectivity index (χ4v) is 2.94. The Hall–Kier alpha value is -3.02. The van der Waals surface area contributed by atoms with Crippen molar-refractivity contribution < 1.29 is 14.4 Å². The number of urea groups is 1. The van der Waals surface area contributed by atoms with Gasteiger partial charge in [-0.1, -0.05) is 23.8 Å². The van der Waals surface area contributed by atoms with E-state index < -0.39 is 17.5 Å². The van der Waals surface area contributed by atoms with Crippen molar-refractivity contribution in [3.63, 3.8) is 0 Å². The summed E-state index contributed by atoms with van der Waals surface area (Å²) in [7, 11) is 0. The highest BCUT2D eigenvalue weighted by Crippen LogP contribution is 2.27. The third-order valence-electron chi connectivity index (χ3n) is 4.45. The lowest BCUT2D eigenvalue weighted by Crippen LogP contribution is -2.42. The predicted molar refractivity (Wildman–Crippen MR) is 92.1 cm³/mol. The van der Waals surface area contributed by atoms with Crippen LogP contribution in [0.15, 0.2) is 42.6 Å². The molecule has 1 aliphatic heterocycles. The molecule has 25 heavy (non-hydrogen) atoms. The third-order valence-corrected chi connectivity index (χ3v) is 4.45. The highest BCUT2D eigenvalue weighted by molar-refractivity contribution is 6.11. The Morgan fingerprint density at radius 3 is 2.64 bits per heavy atom. The van der Waals surface area contributed by atoms with Gasteiger partial charge in [0.1, 0.15) is 0 Å². The van der Waals surface area contributed by atoms with Crippen LogP contribution in [-0.2, 0) is 10.3 Å². The molecular formula is C19H19N3O3. The van der Waals surface area contributed by atoms with E-state index in [1.54, 1.807) is 37.4 Å². The fraction of sp³-hybridized carbons (Fsp3) is 0.263. The molecule has 0 radical (unpaired) electrons. The van der Waals surface area contributed by atoms with E-state index in [0.717, 1.165) is 16.0 Å². The SMILES string of the molecule is Cc1ccc(C)c(C(=O)CN2C(=O)N[C@](C)(c3ccccn3)C2=O)c1. The van der Waals surface area contributed by atoms with Crippen LogP contribution in [0.1, 0.15) is 34.1 Å². The van der Waals surface area contributed by atoms with Crippen molar-refractivity contribution >= 4 is 17.7 Å². The van der Waals surface area contributed by atoms with Gasteiger partial charge in [0.25, 0.3) is 5.91 Å². The van der Waals surface area contributed by atoms with E-state index in [-0.39, 0.29) is 12.3 Å². The second kappa shape index (κ2) is 6.12. The standard InChI is InChI=1S/C19H19N3O3/c1-12-7-8-13(2)14(10-12)15(23)11-22-17(24)19(3,21-18(22)25)16-6-4-5-9-20-16/h4-10H,11H2,1-3H3,(H,21,25)/t19-/m1/s1. The third kappa shape index (κ3) is 2.91. The molecule has 1 N–H and O–H groups in total. The summed E-state index contributed by atoms with van der Waals surface area (Å²) in [5.41, 5.74) is 1.46. The van der Waals surface area contributed by atoms with Gasteiger partial charge in [0, 0.05) is 11.8 Å². The lowest BCUT2D eigenvalue weighted by atomic mass is 9.97. The first kappa shape index (κ1) is 16.8. The molecule has 1 fully saturated rings. The van der Waals surface area contributed by atoms with Crippen LogP contribution in [0.25, 0.3) is 0 Å². The lowest BCUT2D eigenvalue weighted by Gasteiger charge is -2.20. The molecule has 2 heterocycles. The number of rotatable bonds is 4. The molecule has 0 bridgehead atoms. The summed E-state index contributed by atoms with van der Waals surface area (Å²) < 4.78 is 0. The number of nitrogens with one attached hydrogen (secondary N) is 1. The fourth-order valence-electron chi connectivity index (χ4n) is 2.94. The topological polar surface area (TPSA) is 79.4 Å². The Morgan fingerprint density at radius 2 is 1.96 bits per heavy atom. The Labute approximate surface area is 145 Å². The zero-order valence-corrected chi connectivity index (χ0v) is 14.4. The number of nitrogens with zero attached hydrogens (tertiary/aromatic N) is 2. The maximum Gasteiger partial charge on any atom is 0.325 e. The number of aromatic nitrogens is 1. The van der Waals surface area contributed by atoms with Gasteiger partial charge in [-0.05, 0) is 44.5 Å². The normalized spacial score (nSPS) is 19.9. The molecule has 6 heteroatoms. The number of Topliss-reactive ketones (excluding diaryl/α,β-unsaturated/α-hetero) is 1. The summed E-state index contributed by atoms with van der Waals surface area (Å²) >= 11 is 0. The van der Waals surface area contributed by atoms with Crippen LogP contribution in [-0.4, -0.2) is 34.2 Å². The van der Waals surface area contributed by atoms with Crippen molar-refractivity contribution in [3.05, 3.63) is 65.0 Å². The molecule has 1 aliphatic rings. The Bertz CT molecular complexity index is 863. The number of hydrogen-bond donors (Lipinski definition) is 1. The highest BCUT2D eigenvalue weighted by Gasteiger charge is 2.50. The van der Waals surface area contributed by atoms with Gasteiger partial charge in [0.05, 0.1) is 12.2 Å². The van der Waals surface area contributed by atoms with E-state index in [1.165, 1.54) is 0 Å². The first-order chi connectivity index (χ1) is 11.8. The quantitative estimate of drug-likeness (QED) is 0.686. The number of carbonyl (C=O) groups is 3. The second-order valence-corrected chi connectivity index (χ2v) is 6.40. The number of pyridine rings is 1. The molecule has 0 spiro atoms. The second-order valence-electron chi connectivity index (χ2n) is 6.40. The summed E-state index contributed by atoms with van der Waals surface area (Å²) in [6, 6.07) is 10.1. The lowest BCUT2D eigenvalue weighted by molar-refractivity contribution is -0.130. The van der Waals surface area contributed by atoms with E-state index in [2.05, 4.69) is 10.3 Å². The van der Waals surface area contributed by atoms with Crippen LogP contribution >= 0.6 is 0 Å². The van der Waals surface area contributed by atoms with Crippen molar-refractivity contribution in [2.75, 3.05) is 6.54 Å². The number of ketones is 1. The van der Waals surface area contributed by atoms with Gasteiger partial charge in [-0.25, -0.2) is 4.79 Å². The average Bonchev–Trinajstić information content (AvgIpc) is 2.82. The Kier molecular flexibility index (Phi) is 4.12. The van der Waals surface area contributed by atoms with E-state index >= 15 is 0 Å². The minimum absolute atomic E-state index is 0.269. The Morgan fingerprint density at radius 1 is 1.20 bits per heavy atom. The van der Waals surface area contributed by atoms with E-state index in [9.17, 15) is 14.4 Å². The largest absolute Gasteiger partial charge is 0.325 e. The van der Waals surface area contributed by atoms with Gasteiger partial charge in [-0.15, -0.1) is 0 Å². The van der Waals surface area contributed by atoms with Gasteiger partial charge < -0.3 is 5.32 Å². The van der Waals surface area contributed by atoms with Crippen molar-refractivity contribution in [1.29, 1.82) is 0 Å². The molecule has 0 aliphatic carbocycles. The minimum atomic E-state index is -1.26. The molecule has 6 nitrogen and oxygen atoms in total. The van der Waals surface area contributed by atoms with Crippen LogP contribution in [0.5, 0.6) is 0 Å². The zero-order chi connectivity index (χ0) is 18.2. The number of hydrogen-bond acceptors (Lipinski definition) is 4. The minimum Gasteiger partial charge on any atom is -0.318 e. The molecular weight excluding hydrogens is 318 g/mol. The van der Waals surface area contributed by atoms with Crippen molar-refractivity contribution in [2.45, 2.75) is 26.3 Å². The van der Waals surface area contributed by atoms with E-state index in [0.29, 0.717) is 11.3 Å². The molecule has 3 rings (SSSR count). The average molecular weight is 337 g/mol. The number of amides is 3. The molecule has 1 saturated heterocycles. The van der Waals surface area contributed by atoms with Gasteiger partial charge in [-0.2, -0.15) is 0 Å². The van der Waals surface area contributed by atoms with Gasteiger partial charge in [0.15, 0.2) is 11.3 Å². The molecule has 1 atom stereocenters. The summed E-state index contributed by atoms with van der Waals surface area (Å²) in [5, 5.41) is 2.65. The number of aryl methyl sites for hydroxylation is 2. The van der Waals surface area contributed by atoms with Crippen LogP contribution in [0, 0.1) is 13.8 Å². The van der Waals surface area contributed by atoms with Crippen LogP contribution in [0.2, 0.25) is 0 Å². The maximum atomic E-state index is 12.8. The van der Waals surface area contributed by atoms with Crippen molar-refractivity contribution in [3.8, 4) is 0 Å². The molecule has 0 unspecified atom stereocenters. The molecule has 3 amide bonds. The van der Waals surface area contributed by atoms with Crippen molar-refractivity contribution in [2.24, 2.45) is 0 Å². The van der Waals surface area contributed by atoms with Gasteiger partial charge >= 0.3 is 6.03 Å². The van der Waals surface area contributed by atoms with Crippen LogP contribution in [0.4, 0.5) is 4.79 Å². The molecule has 128 valence electrons. The number of benzene rings is 1. The van der Waals surface area contributed by atoms with Gasteiger partial charge in [-0.3, -0.25) is 19.5 Å². The van der Waals surface area contributed by atoms with E-state index in [1.807, 2.05) is 26.0 Å². The molecule has 0 saturated carbocycles. The van der Waals surface area contributed by atoms with Crippen molar-refractivity contribution in [1.82, 2.24) is 15.2 Å². The summed E-state index contributed by atoms with van der Waals surface area (Å²) in [6.07, 6.45) is 1.56.